The van der Waals surface area contributed by atoms with Crippen LogP contribution in [-0.4, -0.2) is 37.9 Å². The maximum absolute atomic E-state index is 14.4. The molecule has 23 heavy (non-hydrogen) atoms. The van der Waals surface area contributed by atoms with E-state index in [1.165, 1.54) is 0 Å². The highest BCUT2D eigenvalue weighted by Crippen LogP contribution is 2.28. The molecule has 7 nitrogen and oxygen atoms in total. The molecule has 1 unspecified atom stereocenters. The number of hydrogen-bond acceptors (Lipinski definition) is 4. The van der Waals surface area contributed by atoms with Crippen molar-refractivity contribution in [2.45, 2.75) is 25.5 Å². The molecule has 0 aliphatic heterocycles. The second-order valence-corrected chi connectivity index (χ2v) is 7.63. The highest BCUT2D eigenvalue weighted by atomic mass is 35.5. The Labute approximate surface area is 139 Å². The summed E-state index contributed by atoms with van der Waals surface area (Å²) in [7, 11) is 0. The number of benzene rings is 1. The maximum atomic E-state index is 14.4. The van der Waals surface area contributed by atoms with Crippen LogP contribution in [-0.2, 0) is 11.4 Å². The SMILES string of the molecule is CC(C)(C)[S+]([O-])N=Cc1c(Cl)ccc(N(C(=O)O)C(=O)O)c1F. The van der Waals surface area contributed by atoms with Crippen molar-refractivity contribution < 1.29 is 28.7 Å². The van der Waals surface area contributed by atoms with Gasteiger partial charge in [0.2, 0.25) is 0 Å². The Kier molecular flexibility index (Phi) is 5.98. The molecule has 0 aromatic heterocycles. The number of amides is 2. The van der Waals surface area contributed by atoms with Crippen molar-refractivity contribution in [2.75, 3.05) is 4.90 Å². The predicted molar refractivity (Wildman–Crippen MR) is 85.4 cm³/mol. The maximum Gasteiger partial charge on any atom is 0.421 e. The van der Waals surface area contributed by atoms with Crippen LogP contribution in [0.15, 0.2) is 16.5 Å². The second kappa shape index (κ2) is 7.16. The van der Waals surface area contributed by atoms with E-state index in [1.807, 2.05) is 0 Å². The normalized spacial score (nSPS) is 13.1. The van der Waals surface area contributed by atoms with Crippen molar-refractivity contribution in [3.8, 4) is 0 Å². The van der Waals surface area contributed by atoms with Gasteiger partial charge in [-0.3, -0.25) is 0 Å². The van der Waals surface area contributed by atoms with Crippen molar-refractivity contribution in [2.24, 2.45) is 4.40 Å². The molecule has 0 radical (unpaired) electrons. The van der Waals surface area contributed by atoms with E-state index in [0.717, 1.165) is 18.3 Å². The molecule has 1 atom stereocenters. The molecule has 1 aromatic rings. The Morgan fingerprint density at radius 3 is 2.30 bits per heavy atom. The van der Waals surface area contributed by atoms with Crippen LogP contribution in [0.2, 0.25) is 5.02 Å². The van der Waals surface area contributed by atoms with Gasteiger partial charge in [0.1, 0.15) is 16.1 Å². The summed E-state index contributed by atoms with van der Waals surface area (Å²) in [5.74, 6) is -1.20. The highest BCUT2D eigenvalue weighted by molar-refractivity contribution is 7.91. The summed E-state index contributed by atoms with van der Waals surface area (Å²) in [6.07, 6.45) is -2.86. The van der Waals surface area contributed by atoms with E-state index < -0.39 is 39.8 Å². The Hall–Kier alpha value is -1.84. The highest BCUT2D eigenvalue weighted by Gasteiger charge is 2.29. The molecule has 0 heterocycles. The van der Waals surface area contributed by atoms with Gasteiger partial charge in [0.25, 0.3) is 0 Å². The summed E-state index contributed by atoms with van der Waals surface area (Å²) in [5.41, 5.74) is -1.08. The van der Waals surface area contributed by atoms with Crippen LogP contribution >= 0.6 is 11.6 Å². The number of carbonyl (C=O) groups is 2. The standard InChI is InChI=1S/C13H14ClFN2O5S/c1-13(2,3)23(22)16-6-7-8(14)4-5-9(10(7)15)17(11(18)19)12(20)21/h4-6H,1-3H3,(H,18,19)(H,20,21). The quantitative estimate of drug-likeness (QED) is 0.629. The summed E-state index contributed by atoms with van der Waals surface area (Å²) >= 11 is 4.13. The minimum Gasteiger partial charge on any atom is -0.591 e. The lowest BCUT2D eigenvalue weighted by Gasteiger charge is -2.18. The first kappa shape index (κ1) is 19.2. The molecule has 1 rings (SSSR count). The molecule has 0 aliphatic rings. The van der Waals surface area contributed by atoms with Crippen molar-refractivity contribution in [3.05, 3.63) is 28.5 Å². The third kappa shape index (κ3) is 4.57. The van der Waals surface area contributed by atoms with Crippen LogP contribution < -0.4 is 4.90 Å². The van der Waals surface area contributed by atoms with Gasteiger partial charge in [-0.25, -0.2) is 14.0 Å². The third-order valence-electron chi connectivity index (χ3n) is 2.53. The summed E-state index contributed by atoms with van der Waals surface area (Å²) in [4.78, 5) is 21.7. The smallest absolute Gasteiger partial charge is 0.421 e. The third-order valence-corrected chi connectivity index (χ3v) is 4.21. The minimum atomic E-state index is -1.88. The van der Waals surface area contributed by atoms with Gasteiger partial charge in [-0.2, -0.15) is 4.90 Å². The van der Waals surface area contributed by atoms with E-state index in [1.54, 1.807) is 20.8 Å². The van der Waals surface area contributed by atoms with Crippen molar-refractivity contribution in [1.29, 1.82) is 0 Å². The van der Waals surface area contributed by atoms with E-state index in [0.29, 0.717) is 0 Å². The fourth-order valence-corrected chi connectivity index (χ4v) is 2.11. The minimum absolute atomic E-state index is 0.128. The number of rotatable bonds is 3. The molecule has 0 saturated heterocycles. The Balaban J connectivity index is 3.36. The van der Waals surface area contributed by atoms with Gasteiger partial charge in [-0.05, 0) is 32.9 Å². The molecule has 2 amide bonds. The number of hydrogen-bond donors (Lipinski definition) is 2. The zero-order chi connectivity index (χ0) is 17.9. The monoisotopic (exact) mass is 364 g/mol. The zero-order valence-electron chi connectivity index (χ0n) is 12.4. The van der Waals surface area contributed by atoms with Gasteiger partial charge in [0, 0.05) is 0 Å². The van der Waals surface area contributed by atoms with Gasteiger partial charge >= 0.3 is 12.2 Å². The van der Waals surface area contributed by atoms with E-state index in [4.69, 9.17) is 21.8 Å². The lowest BCUT2D eigenvalue weighted by molar-refractivity contribution is 0.184. The zero-order valence-corrected chi connectivity index (χ0v) is 14.0. The van der Waals surface area contributed by atoms with Gasteiger partial charge in [-0.15, -0.1) is 0 Å². The molecule has 2 N–H and O–H groups in total. The fraction of sp³-hybridized carbons (Fsp3) is 0.308. The number of halogens is 2. The van der Waals surface area contributed by atoms with Crippen molar-refractivity contribution >= 4 is 47.1 Å². The second-order valence-electron chi connectivity index (χ2n) is 5.29. The van der Waals surface area contributed by atoms with Crippen LogP contribution in [0, 0.1) is 5.82 Å². The van der Waals surface area contributed by atoms with E-state index >= 15 is 0 Å². The summed E-state index contributed by atoms with van der Waals surface area (Å²) in [6.45, 7) is 4.97. The summed E-state index contributed by atoms with van der Waals surface area (Å²) < 4.78 is 29.3. The Morgan fingerprint density at radius 1 is 1.35 bits per heavy atom. The lowest BCUT2D eigenvalue weighted by atomic mass is 10.2. The van der Waals surface area contributed by atoms with Gasteiger partial charge < -0.3 is 14.8 Å². The summed E-state index contributed by atoms with van der Waals surface area (Å²) in [5, 5.41) is 17.6. The molecule has 1 aromatic carbocycles. The Bertz CT molecular complexity index is 649. The lowest BCUT2D eigenvalue weighted by Crippen LogP contribution is -2.35. The molecular weight excluding hydrogens is 351 g/mol. The average molecular weight is 365 g/mol. The topological polar surface area (TPSA) is 113 Å². The van der Waals surface area contributed by atoms with Gasteiger partial charge in [0.05, 0.1) is 22.5 Å². The summed E-state index contributed by atoms with van der Waals surface area (Å²) in [6, 6.07) is 2.04. The first-order valence-electron chi connectivity index (χ1n) is 6.17. The largest absolute Gasteiger partial charge is 0.591 e. The van der Waals surface area contributed by atoms with Gasteiger partial charge in [0.15, 0.2) is 5.82 Å². The van der Waals surface area contributed by atoms with E-state index in [9.17, 15) is 18.5 Å². The average Bonchev–Trinajstić information content (AvgIpc) is 2.39. The number of nitrogens with zero attached hydrogens (tertiary/aromatic N) is 2. The van der Waals surface area contributed by atoms with Gasteiger partial charge in [-0.1, -0.05) is 16.0 Å². The fourth-order valence-electron chi connectivity index (χ4n) is 1.40. The van der Waals surface area contributed by atoms with E-state index in [2.05, 4.69) is 4.40 Å². The Morgan fingerprint density at radius 2 is 1.87 bits per heavy atom. The van der Waals surface area contributed by atoms with Crippen LogP contribution in [0.3, 0.4) is 0 Å². The molecular formula is C13H14ClFN2O5S. The van der Waals surface area contributed by atoms with Crippen LogP contribution in [0.1, 0.15) is 26.3 Å². The molecule has 0 fully saturated rings. The van der Waals surface area contributed by atoms with Crippen LogP contribution in [0.25, 0.3) is 0 Å². The predicted octanol–water partition coefficient (Wildman–Crippen LogP) is 3.52. The number of anilines is 1. The first-order valence-corrected chi connectivity index (χ1v) is 7.65. The van der Waals surface area contributed by atoms with Crippen molar-refractivity contribution in [3.63, 3.8) is 0 Å². The molecule has 0 saturated carbocycles. The number of imide groups is 1. The number of carboxylic acid groups (broad SMARTS) is 2. The van der Waals surface area contributed by atoms with Crippen LogP contribution in [0.5, 0.6) is 0 Å². The van der Waals surface area contributed by atoms with Crippen molar-refractivity contribution in [1.82, 2.24) is 0 Å². The molecule has 126 valence electrons. The molecule has 0 spiro atoms. The molecule has 0 bridgehead atoms. The first-order chi connectivity index (χ1) is 10.5. The van der Waals surface area contributed by atoms with Crippen LogP contribution in [0.4, 0.5) is 19.7 Å². The molecule has 0 aliphatic carbocycles. The molecule has 10 heteroatoms. The van der Waals surface area contributed by atoms with E-state index in [-0.39, 0.29) is 15.5 Å².